The fraction of sp³-hybridized carbons (Fsp3) is 0.364. The SMILES string of the molecule is CC(=O)N1CCN(C(=O)CCNC(=O)c2cc3c(C)nn(-c4ccccc4Cl)c3s2)CC1. The number of fused-ring (bicyclic) bond motifs is 1. The second kappa shape index (κ2) is 9.30. The minimum Gasteiger partial charge on any atom is -0.351 e. The van der Waals surface area contributed by atoms with Gasteiger partial charge in [0, 0.05) is 51.5 Å². The molecule has 1 aromatic carbocycles. The number of hydrogen-bond donors (Lipinski definition) is 1. The third kappa shape index (κ3) is 4.49. The van der Waals surface area contributed by atoms with Crippen LogP contribution in [-0.4, -0.2) is 70.0 Å². The molecule has 32 heavy (non-hydrogen) atoms. The number of amides is 3. The van der Waals surface area contributed by atoms with Gasteiger partial charge in [-0.25, -0.2) is 4.68 Å². The highest BCUT2D eigenvalue weighted by molar-refractivity contribution is 7.20. The molecule has 3 amide bonds. The lowest BCUT2D eigenvalue weighted by atomic mass is 10.2. The van der Waals surface area contributed by atoms with Gasteiger partial charge < -0.3 is 15.1 Å². The van der Waals surface area contributed by atoms with Gasteiger partial charge in [-0.1, -0.05) is 23.7 Å². The fourth-order valence-corrected chi connectivity index (χ4v) is 5.05. The number of thiophene rings is 1. The van der Waals surface area contributed by atoms with Crippen molar-refractivity contribution in [2.45, 2.75) is 20.3 Å². The topological polar surface area (TPSA) is 87.5 Å². The highest BCUT2D eigenvalue weighted by Crippen LogP contribution is 2.32. The van der Waals surface area contributed by atoms with E-state index in [1.807, 2.05) is 31.2 Å². The Bertz CT molecular complexity index is 1180. The molecule has 4 rings (SSSR count). The van der Waals surface area contributed by atoms with Crippen molar-refractivity contribution in [1.82, 2.24) is 24.9 Å². The van der Waals surface area contributed by atoms with Crippen LogP contribution in [0.2, 0.25) is 5.02 Å². The number of aryl methyl sites for hydroxylation is 1. The quantitative estimate of drug-likeness (QED) is 0.617. The van der Waals surface area contributed by atoms with Gasteiger partial charge in [0.1, 0.15) is 4.83 Å². The normalized spacial score (nSPS) is 14.1. The monoisotopic (exact) mass is 473 g/mol. The van der Waals surface area contributed by atoms with E-state index >= 15 is 0 Å². The first kappa shape index (κ1) is 22.3. The molecule has 1 fully saturated rings. The zero-order valence-electron chi connectivity index (χ0n) is 17.9. The third-order valence-electron chi connectivity index (χ3n) is 5.55. The largest absolute Gasteiger partial charge is 0.351 e. The highest BCUT2D eigenvalue weighted by Gasteiger charge is 2.22. The molecule has 0 aliphatic carbocycles. The van der Waals surface area contributed by atoms with E-state index in [-0.39, 0.29) is 30.7 Å². The number of halogens is 1. The van der Waals surface area contributed by atoms with E-state index < -0.39 is 0 Å². The lowest BCUT2D eigenvalue weighted by molar-refractivity contribution is -0.138. The van der Waals surface area contributed by atoms with E-state index in [0.29, 0.717) is 36.1 Å². The number of benzene rings is 1. The van der Waals surface area contributed by atoms with Gasteiger partial charge in [0.15, 0.2) is 0 Å². The van der Waals surface area contributed by atoms with Crippen LogP contribution in [-0.2, 0) is 9.59 Å². The number of rotatable bonds is 5. The summed E-state index contributed by atoms with van der Waals surface area (Å²) in [5, 5.41) is 8.90. The molecule has 8 nitrogen and oxygen atoms in total. The van der Waals surface area contributed by atoms with Crippen LogP contribution in [0.15, 0.2) is 30.3 Å². The summed E-state index contributed by atoms with van der Waals surface area (Å²) in [5.74, 6) is -0.207. The molecule has 0 unspecified atom stereocenters. The van der Waals surface area contributed by atoms with Crippen LogP contribution >= 0.6 is 22.9 Å². The summed E-state index contributed by atoms with van der Waals surface area (Å²) < 4.78 is 1.76. The predicted molar refractivity (Wildman–Crippen MR) is 124 cm³/mol. The molecule has 2 aromatic heterocycles. The van der Waals surface area contributed by atoms with Gasteiger partial charge in [0.25, 0.3) is 5.91 Å². The summed E-state index contributed by atoms with van der Waals surface area (Å²) in [7, 11) is 0. The molecule has 0 saturated carbocycles. The van der Waals surface area contributed by atoms with Crippen LogP contribution in [0, 0.1) is 6.92 Å². The Morgan fingerprint density at radius 2 is 1.81 bits per heavy atom. The van der Waals surface area contributed by atoms with Crippen molar-refractivity contribution in [1.29, 1.82) is 0 Å². The summed E-state index contributed by atoms with van der Waals surface area (Å²) in [6.45, 7) is 5.85. The van der Waals surface area contributed by atoms with Gasteiger partial charge in [-0.2, -0.15) is 5.10 Å². The zero-order valence-corrected chi connectivity index (χ0v) is 19.5. The minimum atomic E-state index is -0.217. The van der Waals surface area contributed by atoms with Crippen LogP contribution in [0.1, 0.15) is 28.7 Å². The fourth-order valence-electron chi connectivity index (χ4n) is 3.74. The van der Waals surface area contributed by atoms with E-state index in [2.05, 4.69) is 10.4 Å². The standard InChI is InChI=1S/C22H24ClN5O3S/c1-14-16-13-19(32-22(16)28(25-14)18-6-4-3-5-17(18)23)21(31)24-8-7-20(30)27-11-9-26(10-12-27)15(2)29/h3-6,13H,7-12H2,1-2H3,(H,24,31). The maximum absolute atomic E-state index is 12.7. The van der Waals surface area contributed by atoms with Gasteiger partial charge in [-0.05, 0) is 25.1 Å². The molecule has 0 atom stereocenters. The Labute approximate surface area is 194 Å². The van der Waals surface area contributed by atoms with Crippen LogP contribution < -0.4 is 5.32 Å². The molecular formula is C22H24ClN5O3S. The van der Waals surface area contributed by atoms with E-state index in [0.717, 1.165) is 21.6 Å². The number of piperazine rings is 1. The summed E-state index contributed by atoms with van der Waals surface area (Å²) in [5.41, 5.74) is 1.58. The average molecular weight is 474 g/mol. The summed E-state index contributed by atoms with van der Waals surface area (Å²) in [6, 6.07) is 9.26. The van der Waals surface area contributed by atoms with Crippen molar-refractivity contribution in [2.24, 2.45) is 0 Å². The maximum Gasteiger partial charge on any atom is 0.261 e. The third-order valence-corrected chi connectivity index (χ3v) is 6.98. The number of carbonyl (C=O) groups excluding carboxylic acids is 3. The first-order valence-electron chi connectivity index (χ1n) is 10.4. The number of para-hydroxylation sites is 1. The van der Waals surface area contributed by atoms with Crippen LogP contribution in [0.25, 0.3) is 15.9 Å². The molecule has 1 saturated heterocycles. The van der Waals surface area contributed by atoms with E-state index in [1.165, 1.54) is 18.3 Å². The molecule has 1 aliphatic heterocycles. The van der Waals surface area contributed by atoms with Gasteiger partial charge in [-0.15, -0.1) is 11.3 Å². The smallest absolute Gasteiger partial charge is 0.261 e. The lowest BCUT2D eigenvalue weighted by Crippen LogP contribution is -2.50. The number of aromatic nitrogens is 2. The molecule has 0 spiro atoms. The van der Waals surface area contributed by atoms with Crippen LogP contribution in [0.3, 0.4) is 0 Å². The molecule has 3 heterocycles. The molecular weight excluding hydrogens is 450 g/mol. The summed E-state index contributed by atoms with van der Waals surface area (Å²) in [6.07, 6.45) is 0.225. The van der Waals surface area contributed by atoms with E-state index in [9.17, 15) is 14.4 Å². The van der Waals surface area contributed by atoms with Crippen molar-refractivity contribution < 1.29 is 14.4 Å². The Morgan fingerprint density at radius 3 is 2.50 bits per heavy atom. The summed E-state index contributed by atoms with van der Waals surface area (Å²) in [4.78, 5) is 41.4. The Hall–Kier alpha value is -2.91. The average Bonchev–Trinajstić information content (AvgIpc) is 3.35. The van der Waals surface area contributed by atoms with Crippen molar-refractivity contribution in [3.63, 3.8) is 0 Å². The van der Waals surface area contributed by atoms with Crippen molar-refractivity contribution >= 4 is 50.9 Å². The number of nitrogens with zero attached hydrogens (tertiary/aromatic N) is 4. The molecule has 1 aliphatic rings. The highest BCUT2D eigenvalue weighted by atomic mass is 35.5. The van der Waals surface area contributed by atoms with E-state index in [4.69, 9.17) is 11.6 Å². The van der Waals surface area contributed by atoms with Crippen molar-refractivity contribution in [2.75, 3.05) is 32.7 Å². The Balaban J connectivity index is 1.37. The van der Waals surface area contributed by atoms with Gasteiger partial charge in [0.2, 0.25) is 11.8 Å². The molecule has 3 aromatic rings. The summed E-state index contributed by atoms with van der Waals surface area (Å²) >= 11 is 7.68. The zero-order chi connectivity index (χ0) is 22.8. The first-order valence-corrected chi connectivity index (χ1v) is 11.6. The molecule has 168 valence electrons. The number of carbonyl (C=O) groups is 3. The van der Waals surface area contributed by atoms with Crippen molar-refractivity contribution in [3.8, 4) is 5.69 Å². The van der Waals surface area contributed by atoms with Gasteiger partial charge in [0.05, 0.1) is 21.3 Å². The molecule has 10 heteroatoms. The molecule has 0 bridgehead atoms. The van der Waals surface area contributed by atoms with E-state index in [1.54, 1.807) is 20.5 Å². The van der Waals surface area contributed by atoms with Crippen LogP contribution in [0.4, 0.5) is 0 Å². The van der Waals surface area contributed by atoms with Crippen molar-refractivity contribution in [3.05, 3.63) is 45.9 Å². The predicted octanol–water partition coefficient (Wildman–Crippen LogP) is 2.86. The second-order valence-electron chi connectivity index (χ2n) is 7.67. The second-order valence-corrected chi connectivity index (χ2v) is 9.11. The minimum absolute atomic E-state index is 0.0185. The molecule has 1 N–H and O–H groups in total. The van der Waals surface area contributed by atoms with Gasteiger partial charge >= 0.3 is 0 Å². The maximum atomic E-state index is 12.7. The number of hydrogen-bond acceptors (Lipinski definition) is 5. The lowest BCUT2D eigenvalue weighted by Gasteiger charge is -2.34. The number of nitrogens with one attached hydrogen (secondary N) is 1. The Morgan fingerprint density at radius 1 is 1.12 bits per heavy atom. The molecule has 0 radical (unpaired) electrons. The van der Waals surface area contributed by atoms with Gasteiger partial charge in [-0.3, -0.25) is 14.4 Å². The Kier molecular flexibility index (Phi) is 6.48. The van der Waals surface area contributed by atoms with Crippen LogP contribution in [0.5, 0.6) is 0 Å². The first-order chi connectivity index (χ1) is 15.3.